The lowest BCUT2D eigenvalue weighted by Gasteiger charge is -2.40. The average Bonchev–Trinajstić information content (AvgIpc) is 1.13. The van der Waals surface area contributed by atoms with Gasteiger partial charge in [0.15, 0.2) is 18.9 Å². The molecule has 732 valence electrons. The number of amides is 4. The molecule has 4 aliphatic heterocycles. The fourth-order valence-electron chi connectivity index (χ4n) is 16.3. The van der Waals surface area contributed by atoms with E-state index in [9.17, 15) is 89.1 Å². The first-order valence-electron chi connectivity index (χ1n) is 47.2. The monoisotopic (exact) mass is 1840 g/mol. The lowest BCUT2D eigenvalue weighted by atomic mass is 9.71. The molecule has 4 fully saturated rings. The number of nitrogens with one attached hydrogen (secondary N) is 3. The molecule has 4 amide bonds. The third-order valence-electron chi connectivity index (χ3n) is 24.4. The molecule has 0 aromatic carbocycles. The summed E-state index contributed by atoms with van der Waals surface area (Å²) in [5, 5.41) is 98.4. The molecule has 12 N–H and O–H groups in total. The quantitative estimate of drug-likeness (QED) is 0.0117. The minimum atomic E-state index is -1.22. The number of rotatable bonds is 74. The zero-order valence-electron chi connectivity index (χ0n) is 76.9. The van der Waals surface area contributed by atoms with Crippen molar-refractivity contribution in [3.05, 3.63) is 0 Å². The van der Waals surface area contributed by atoms with Crippen LogP contribution in [-0.4, -0.2) is 307 Å². The molecule has 18 atom stereocenters. The summed E-state index contributed by atoms with van der Waals surface area (Å²) >= 11 is 0. The molecular weight excluding hydrogens is 1680 g/mol. The second-order valence-electron chi connectivity index (χ2n) is 35.6. The van der Waals surface area contributed by atoms with Gasteiger partial charge in [0.2, 0.25) is 17.7 Å². The van der Waals surface area contributed by atoms with Crippen LogP contribution in [0.2, 0.25) is 0 Å². The number of nitrogens with zero attached hydrogens (tertiary/aromatic N) is 1. The van der Waals surface area contributed by atoms with Crippen LogP contribution in [0.3, 0.4) is 0 Å². The van der Waals surface area contributed by atoms with E-state index < -0.39 is 123 Å². The summed E-state index contributed by atoms with van der Waals surface area (Å²) in [5.41, 5.74) is -0.533. The molecule has 4 heterocycles. The first-order valence-corrected chi connectivity index (χ1v) is 49.5. The fraction of sp³-hybridized carbons (Fsp3) is 0.901. The molecule has 33 nitrogen and oxygen atoms in total. The van der Waals surface area contributed by atoms with Crippen LogP contribution in [-0.2, 0) is 90.5 Å². The zero-order valence-corrected chi connectivity index (χ0v) is 78.5. The number of aliphatic hydroxyl groups is 9. The molecule has 126 heavy (non-hydrogen) atoms. The van der Waals surface area contributed by atoms with Gasteiger partial charge >= 0.3 is 18.0 Å². The summed E-state index contributed by atoms with van der Waals surface area (Å²) in [5.74, 6) is -1.44. The predicted molar refractivity (Wildman–Crippen MR) is 475 cm³/mol. The first kappa shape index (κ1) is 114. The Morgan fingerprint density at radius 2 is 0.810 bits per heavy atom. The number of likely N-dealkylation sites (tertiary alicyclic amines) is 1. The molecule has 0 aromatic heterocycles. The van der Waals surface area contributed by atoms with E-state index in [4.69, 9.17) is 52.1 Å². The standard InChI is InChI=1S/C91H162N4O29S2/c1-64-80(107)83(110)72(60-96)122-86(64)118-52-29-35-68(99)33-17-11-8-16-26-49-94-89(113)121-51-28-23-44-91(58-70(101)42-56-125-126-90(4,5)46-41-69(100)34-20-21-38-77(104)95-59-71(115-7)57-67(95)63-114-6,45-32-55-117-79(106)40-19-13-10-15-25-48-93-76(103)37-31-54-120-88-66(3)82(109)85(112)74(62-98)124-88)43-22-27-50-116-78(105)39-18-12-9-14-24-47-92-75(102)36-30-53-119-87-65(2)81(108)84(111)73(61-97)123-87/h64-67,71-74,80-88,96-98,107-112H,8-63H2,1-7H3,(H,92,102)(H,93,103)(H,94,113)/t64?,65?,66?,67-,71+,72?,73?,74?,80?,81?,82?,83?,84?,85?,86?,87?,88?,91?/m1/s1. The highest BCUT2D eigenvalue weighted by Gasteiger charge is 2.46. The summed E-state index contributed by atoms with van der Waals surface area (Å²) in [6.07, 6.45) is 11.1. The van der Waals surface area contributed by atoms with Gasteiger partial charge in [0.25, 0.3) is 0 Å². The normalized spacial score (nSPS) is 25.0. The molecule has 16 unspecified atom stereocenters. The van der Waals surface area contributed by atoms with Crippen molar-refractivity contribution in [1.82, 2.24) is 20.9 Å². The number of hydrogen-bond donors (Lipinski definition) is 12. The third-order valence-corrected chi connectivity index (χ3v) is 27.7. The largest absolute Gasteiger partial charge is 0.466 e. The van der Waals surface area contributed by atoms with Gasteiger partial charge in [-0.3, -0.25) is 38.4 Å². The zero-order chi connectivity index (χ0) is 92.5. The molecule has 0 spiro atoms. The molecule has 4 rings (SSSR count). The Balaban J connectivity index is 1.27. The molecule has 0 bridgehead atoms. The van der Waals surface area contributed by atoms with E-state index in [1.165, 1.54) is 0 Å². The number of alkyl carbamates (subject to hydrolysis) is 1. The van der Waals surface area contributed by atoms with Gasteiger partial charge in [0.05, 0.1) is 96.5 Å². The average molecular weight is 1840 g/mol. The molecule has 4 aliphatic rings. The smallest absolute Gasteiger partial charge is 0.407 e. The summed E-state index contributed by atoms with van der Waals surface area (Å²) in [6, 6.07) is -0.0209. The second kappa shape index (κ2) is 66.9. The van der Waals surface area contributed by atoms with Crippen LogP contribution in [0.5, 0.6) is 0 Å². The predicted octanol–water partition coefficient (Wildman–Crippen LogP) is 9.03. The Bertz CT molecular complexity index is 2910. The number of esters is 2. The minimum absolute atomic E-state index is 0.0184. The first-order chi connectivity index (χ1) is 60.5. The molecule has 35 heteroatoms. The Morgan fingerprint density at radius 3 is 1.28 bits per heavy atom. The van der Waals surface area contributed by atoms with Crippen molar-refractivity contribution in [1.29, 1.82) is 0 Å². The van der Waals surface area contributed by atoms with Crippen LogP contribution in [0.15, 0.2) is 0 Å². The summed E-state index contributed by atoms with van der Waals surface area (Å²) in [6.45, 7) is 11.4. The number of methoxy groups -OCH3 is 2. The van der Waals surface area contributed by atoms with Gasteiger partial charge in [-0.2, -0.15) is 0 Å². The van der Waals surface area contributed by atoms with Crippen molar-refractivity contribution in [3.63, 3.8) is 0 Å². The number of unbranched alkanes of at least 4 members (excludes halogenated alkanes) is 15. The van der Waals surface area contributed by atoms with Crippen molar-refractivity contribution in [2.24, 2.45) is 23.2 Å². The lowest BCUT2D eigenvalue weighted by molar-refractivity contribution is -0.282. The Labute approximate surface area is 756 Å². The Kier molecular flexibility index (Phi) is 60.5. The van der Waals surface area contributed by atoms with E-state index in [-0.39, 0.29) is 136 Å². The van der Waals surface area contributed by atoms with Crippen molar-refractivity contribution in [2.75, 3.05) is 112 Å². The molecule has 0 aliphatic carbocycles. The summed E-state index contributed by atoms with van der Waals surface area (Å²) in [4.78, 5) is 119. The van der Waals surface area contributed by atoms with Gasteiger partial charge in [-0.1, -0.05) is 100 Å². The highest BCUT2D eigenvalue weighted by Crippen LogP contribution is 2.43. The number of ketones is 3. The van der Waals surface area contributed by atoms with Gasteiger partial charge in [0, 0.05) is 139 Å². The molecule has 4 saturated heterocycles. The molecular formula is C91H162N4O29S2. The van der Waals surface area contributed by atoms with Crippen molar-refractivity contribution >= 4 is 74.7 Å². The SMILES string of the molecule is COC[C@H]1C[C@H](OC)CN1C(=O)CCCCC(=O)CCC(C)(C)SSCCC(=O)CC(CCCCOC(=O)CCCCCCCNC(=O)CCCOC1OC(CO)C(O)C(O)C1C)(CCCCOC(=O)NCCCCCCCC(=O)CCCOC1OC(CO)C(O)C(O)C1C)CCCOC(=O)CCCCCCCNC(=O)CCCOC1OC(CO)C(O)C(O)C1C. The number of carbonyl (C=O) groups excluding carboxylic acids is 9. The van der Waals surface area contributed by atoms with Gasteiger partial charge < -0.3 is 119 Å². The van der Waals surface area contributed by atoms with Crippen LogP contribution >= 0.6 is 21.6 Å². The van der Waals surface area contributed by atoms with Gasteiger partial charge in [-0.25, -0.2) is 4.79 Å². The maximum absolute atomic E-state index is 14.4. The summed E-state index contributed by atoms with van der Waals surface area (Å²) in [7, 11) is 6.54. The van der Waals surface area contributed by atoms with Crippen molar-refractivity contribution in [2.45, 2.75) is 389 Å². The Morgan fingerprint density at radius 1 is 0.413 bits per heavy atom. The topological polar surface area (TPSA) is 477 Å². The van der Waals surface area contributed by atoms with E-state index in [2.05, 4.69) is 29.8 Å². The van der Waals surface area contributed by atoms with Crippen molar-refractivity contribution < 1.29 is 141 Å². The van der Waals surface area contributed by atoms with E-state index in [1.54, 1.807) is 56.6 Å². The molecule has 0 radical (unpaired) electrons. The van der Waals surface area contributed by atoms with Crippen LogP contribution in [0, 0.1) is 23.2 Å². The van der Waals surface area contributed by atoms with Crippen LogP contribution in [0.1, 0.15) is 298 Å². The van der Waals surface area contributed by atoms with Gasteiger partial charge in [-0.15, -0.1) is 0 Å². The van der Waals surface area contributed by atoms with Crippen LogP contribution < -0.4 is 16.0 Å². The van der Waals surface area contributed by atoms with Gasteiger partial charge in [0.1, 0.15) is 54.0 Å². The molecule has 0 aromatic rings. The number of Topliss-reactive ketones (excluding diaryl/α,β-unsaturated/α-hetero) is 3. The molecule has 0 saturated carbocycles. The minimum Gasteiger partial charge on any atom is -0.466 e. The summed E-state index contributed by atoms with van der Waals surface area (Å²) < 4.78 is 61.8. The number of carbonyl (C=O) groups is 9. The van der Waals surface area contributed by atoms with Crippen LogP contribution in [0.25, 0.3) is 0 Å². The highest BCUT2D eigenvalue weighted by molar-refractivity contribution is 8.77. The third kappa shape index (κ3) is 47.3. The Hall–Kier alpha value is -4.35. The maximum atomic E-state index is 14.4. The van der Waals surface area contributed by atoms with Crippen molar-refractivity contribution in [3.8, 4) is 0 Å². The lowest BCUT2D eigenvalue weighted by Crippen LogP contribution is -2.55. The number of hydrogen-bond acceptors (Lipinski definition) is 31. The number of ether oxygens (including phenoxy) is 11. The maximum Gasteiger partial charge on any atom is 0.407 e. The van der Waals surface area contributed by atoms with Crippen LogP contribution in [0.4, 0.5) is 4.79 Å². The van der Waals surface area contributed by atoms with E-state index in [0.717, 1.165) is 89.9 Å². The number of aliphatic hydroxyl groups excluding tert-OH is 9. The second-order valence-corrected chi connectivity index (χ2v) is 38.7. The van der Waals surface area contributed by atoms with E-state index in [0.29, 0.717) is 180 Å². The van der Waals surface area contributed by atoms with Gasteiger partial charge in [-0.05, 0) is 154 Å². The van der Waals surface area contributed by atoms with E-state index >= 15 is 0 Å². The highest BCUT2D eigenvalue weighted by atomic mass is 33.1. The fourth-order valence-corrected chi connectivity index (χ4v) is 18.9. The van der Waals surface area contributed by atoms with E-state index in [1.807, 2.05) is 4.90 Å².